The fourth-order valence-electron chi connectivity index (χ4n) is 2.44. The zero-order valence-corrected chi connectivity index (χ0v) is 11.0. The highest BCUT2D eigenvalue weighted by molar-refractivity contribution is 7.17. The molecule has 1 aromatic heterocycles. The second kappa shape index (κ2) is 5.04. The largest absolute Gasteiger partial charge is 0.477 e. The van der Waals surface area contributed by atoms with Crippen molar-refractivity contribution in [1.82, 2.24) is 4.98 Å². The number of carboxylic acids is 1. The topological polar surface area (TPSA) is 53.4 Å². The fraction of sp³-hybridized carbons (Fsp3) is 0.667. The van der Waals surface area contributed by atoms with E-state index >= 15 is 0 Å². The van der Waals surface area contributed by atoms with Crippen molar-refractivity contribution >= 4 is 22.4 Å². The Bertz CT molecular complexity index is 405. The molecule has 5 heteroatoms. The minimum atomic E-state index is -0.890. The van der Waals surface area contributed by atoms with Crippen LogP contribution in [0.2, 0.25) is 0 Å². The summed E-state index contributed by atoms with van der Waals surface area (Å²) in [7, 11) is 2.02. The van der Waals surface area contributed by atoms with E-state index in [1.807, 2.05) is 7.05 Å². The summed E-state index contributed by atoms with van der Waals surface area (Å²) in [6.45, 7) is 2.28. The van der Waals surface area contributed by atoms with E-state index in [1.54, 1.807) is 0 Å². The first-order valence-electron chi connectivity index (χ1n) is 6.00. The zero-order chi connectivity index (χ0) is 12.4. The maximum atomic E-state index is 10.8. The molecule has 17 heavy (non-hydrogen) atoms. The Morgan fingerprint density at radius 3 is 2.94 bits per heavy atom. The van der Waals surface area contributed by atoms with E-state index in [0.717, 1.165) is 11.0 Å². The van der Waals surface area contributed by atoms with Gasteiger partial charge in [-0.05, 0) is 18.8 Å². The van der Waals surface area contributed by atoms with Crippen LogP contribution in [-0.4, -0.2) is 29.1 Å². The Morgan fingerprint density at radius 2 is 2.35 bits per heavy atom. The van der Waals surface area contributed by atoms with E-state index in [0.29, 0.717) is 10.9 Å². The number of thiazole rings is 1. The molecule has 2 rings (SSSR count). The number of aromatic nitrogens is 1. The third-order valence-electron chi connectivity index (χ3n) is 3.46. The van der Waals surface area contributed by atoms with E-state index in [2.05, 4.69) is 16.8 Å². The predicted octanol–water partition coefficient (Wildman–Crippen LogP) is 2.86. The van der Waals surface area contributed by atoms with Gasteiger partial charge in [0.05, 0.1) is 6.20 Å². The van der Waals surface area contributed by atoms with Gasteiger partial charge >= 0.3 is 5.97 Å². The molecular weight excluding hydrogens is 236 g/mol. The van der Waals surface area contributed by atoms with Gasteiger partial charge in [0.1, 0.15) is 4.88 Å². The molecule has 1 aromatic rings. The maximum absolute atomic E-state index is 10.8. The number of aromatic carboxylic acids is 1. The molecule has 1 fully saturated rings. The number of nitrogens with zero attached hydrogens (tertiary/aromatic N) is 2. The SMILES string of the molecule is CC1CCCC(N(C)c2ncc(C(=O)O)s2)C1. The zero-order valence-electron chi connectivity index (χ0n) is 10.2. The molecule has 4 nitrogen and oxygen atoms in total. The van der Waals surface area contributed by atoms with Gasteiger partial charge in [-0.1, -0.05) is 31.1 Å². The summed E-state index contributed by atoms with van der Waals surface area (Å²) in [5, 5.41) is 9.71. The first-order valence-corrected chi connectivity index (χ1v) is 6.81. The summed E-state index contributed by atoms with van der Waals surface area (Å²) in [6, 6.07) is 0.506. The first kappa shape index (κ1) is 12.4. The summed E-state index contributed by atoms with van der Waals surface area (Å²) in [5.74, 6) is -0.130. The van der Waals surface area contributed by atoms with E-state index in [-0.39, 0.29) is 0 Å². The Kier molecular flexibility index (Phi) is 3.66. The lowest BCUT2D eigenvalue weighted by molar-refractivity contribution is 0.0702. The highest BCUT2D eigenvalue weighted by Crippen LogP contribution is 2.31. The Balaban J connectivity index is 2.07. The Morgan fingerprint density at radius 1 is 1.59 bits per heavy atom. The molecule has 94 valence electrons. The lowest BCUT2D eigenvalue weighted by Crippen LogP contribution is -2.35. The van der Waals surface area contributed by atoms with Crippen LogP contribution in [0.5, 0.6) is 0 Å². The van der Waals surface area contributed by atoms with Crippen LogP contribution in [0.25, 0.3) is 0 Å². The van der Waals surface area contributed by atoms with Crippen LogP contribution in [0.15, 0.2) is 6.20 Å². The molecule has 2 unspecified atom stereocenters. The van der Waals surface area contributed by atoms with Gasteiger partial charge in [0, 0.05) is 13.1 Å². The van der Waals surface area contributed by atoms with Gasteiger partial charge in [-0.2, -0.15) is 0 Å². The van der Waals surface area contributed by atoms with Gasteiger partial charge in [0.2, 0.25) is 0 Å². The molecule has 1 aliphatic carbocycles. The normalized spacial score (nSPS) is 24.6. The predicted molar refractivity (Wildman–Crippen MR) is 68.9 cm³/mol. The average molecular weight is 254 g/mol. The molecule has 0 saturated heterocycles. The van der Waals surface area contributed by atoms with Crippen molar-refractivity contribution < 1.29 is 9.90 Å². The number of rotatable bonds is 3. The van der Waals surface area contributed by atoms with Crippen molar-refractivity contribution in [3.8, 4) is 0 Å². The van der Waals surface area contributed by atoms with Gasteiger partial charge in [-0.15, -0.1) is 0 Å². The van der Waals surface area contributed by atoms with Crippen LogP contribution in [0.3, 0.4) is 0 Å². The molecule has 0 aliphatic heterocycles. The van der Waals surface area contributed by atoms with Crippen molar-refractivity contribution in [2.75, 3.05) is 11.9 Å². The van der Waals surface area contributed by atoms with Gasteiger partial charge in [-0.3, -0.25) is 0 Å². The molecule has 2 atom stereocenters. The van der Waals surface area contributed by atoms with Gasteiger partial charge < -0.3 is 10.0 Å². The summed E-state index contributed by atoms with van der Waals surface area (Å²) < 4.78 is 0. The molecule has 0 aromatic carbocycles. The van der Waals surface area contributed by atoms with Crippen molar-refractivity contribution in [2.24, 2.45) is 5.92 Å². The number of carboxylic acid groups (broad SMARTS) is 1. The van der Waals surface area contributed by atoms with E-state index in [4.69, 9.17) is 5.11 Å². The van der Waals surface area contributed by atoms with Gasteiger partial charge in [-0.25, -0.2) is 9.78 Å². The number of carbonyl (C=O) groups is 1. The second-order valence-corrected chi connectivity index (χ2v) is 5.86. The molecular formula is C12H18N2O2S. The third-order valence-corrected chi connectivity index (χ3v) is 4.54. The number of anilines is 1. The van der Waals surface area contributed by atoms with Crippen LogP contribution >= 0.6 is 11.3 Å². The minimum Gasteiger partial charge on any atom is -0.477 e. The second-order valence-electron chi connectivity index (χ2n) is 4.85. The summed E-state index contributed by atoms with van der Waals surface area (Å²) in [5.41, 5.74) is 0. The maximum Gasteiger partial charge on any atom is 0.347 e. The quantitative estimate of drug-likeness (QED) is 0.901. The molecule has 0 amide bonds. The van der Waals surface area contributed by atoms with Crippen LogP contribution < -0.4 is 4.90 Å². The van der Waals surface area contributed by atoms with E-state index in [1.165, 1.54) is 43.2 Å². The fourth-order valence-corrected chi connectivity index (χ4v) is 3.22. The van der Waals surface area contributed by atoms with Crippen molar-refractivity contribution in [3.05, 3.63) is 11.1 Å². The summed E-state index contributed by atoms with van der Waals surface area (Å²) >= 11 is 1.26. The third kappa shape index (κ3) is 2.77. The Hall–Kier alpha value is -1.10. The minimum absolute atomic E-state index is 0.315. The molecule has 0 radical (unpaired) electrons. The molecule has 1 N–H and O–H groups in total. The smallest absolute Gasteiger partial charge is 0.347 e. The van der Waals surface area contributed by atoms with Crippen molar-refractivity contribution in [2.45, 2.75) is 38.6 Å². The molecule has 0 spiro atoms. The molecule has 1 aliphatic rings. The standard InChI is InChI=1S/C12H18N2O2S/c1-8-4-3-5-9(6-8)14(2)12-13-7-10(17-12)11(15)16/h7-9H,3-6H2,1-2H3,(H,15,16). The summed E-state index contributed by atoms with van der Waals surface area (Å²) in [4.78, 5) is 17.5. The monoisotopic (exact) mass is 254 g/mol. The highest BCUT2D eigenvalue weighted by atomic mass is 32.1. The average Bonchev–Trinajstić information content (AvgIpc) is 2.77. The van der Waals surface area contributed by atoms with Crippen LogP contribution in [0, 0.1) is 5.92 Å². The lowest BCUT2D eigenvalue weighted by Gasteiger charge is -2.33. The lowest BCUT2D eigenvalue weighted by atomic mass is 9.86. The molecule has 1 saturated carbocycles. The highest BCUT2D eigenvalue weighted by Gasteiger charge is 2.24. The Labute approximate surface area is 105 Å². The van der Waals surface area contributed by atoms with E-state index < -0.39 is 5.97 Å². The van der Waals surface area contributed by atoms with Crippen molar-refractivity contribution in [1.29, 1.82) is 0 Å². The molecule has 0 bridgehead atoms. The van der Waals surface area contributed by atoms with Crippen molar-refractivity contribution in [3.63, 3.8) is 0 Å². The molecule has 1 heterocycles. The van der Waals surface area contributed by atoms with Crippen LogP contribution in [0.1, 0.15) is 42.3 Å². The number of hydrogen-bond acceptors (Lipinski definition) is 4. The van der Waals surface area contributed by atoms with E-state index in [9.17, 15) is 4.79 Å². The van der Waals surface area contributed by atoms with Gasteiger partial charge in [0.25, 0.3) is 0 Å². The van der Waals surface area contributed by atoms with Crippen LogP contribution in [-0.2, 0) is 0 Å². The summed E-state index contributed by atoms with van der Waals surface area (Å²) in [6.07, 6.45) is 6.38. The number of hydrogen-bond donors (Lipinski definition) is 1. The van der Waals surface area contributed by atoms with Crippen LogP contribution in [0.4, 0.5) is 5.13 Å². The first-order chi connectivity index (χ1) is 8.08. The van der Waals surface area contributed by atoms with Gasteiger partial charge in [0.15, 0.2) is 5.13 Å².